The Bertz CT molecular complexity index is 443. The lowest BCUT2D eigenvalue weighted by atomic mass is 10.2. The molecule has 0 radical (unpaired) electrons. The van der Waals surface area contributed by atoms with E-state index < -0.39 is 0 Å². The first-order chi connectivity index (χ1) is 7.45. The molecule has 1 unspecified atom stereocenters. The number of halogens is 2. The summed E-state index contributed by atoms with van der Waals surface area (Å²) < 4.78 is 0. The highest BCUT2D eigenvalue weighted by Gasteiger charge is 2.12. The number of nitrogens with one attached hydrogen (secondary N) is 1. The zero-order valence-electron chi connectivity index (χ0n) is 8.55. The number of carbonyl (C=O) groups is 1. The van der Waals surface area contributed by atoms with Crippen molar-refractivity contribution in [2.45, 2.75) is 13.0 Å². The van der Waals surface area contributed by atoms with Gasteiger partial charge in [-0.2, -0.15) is 0 Å². The van der Waals surface area contributed by atoms with E-state index in [1.54, 1.807) is 6.92 Å². The molecule has 0 saturated carbocycles. The van der Waals surface area contributed by atoms with Gasteiger partial charge in [-0.1, -0.05) is 29.1 Å². The van der Waals surface area contributed by atoms with Gasteiger partial charge in [0.25, 0.3) is 5.91 Å². The first kappa shape index (κ1) is 12.7. The lowest BCUT2D eigenvalue weighted by Gasteiger charge is -2.09. The molecule has 0 aliphatic carbocycles. The minimum Gasteiger partial charge on any atom is -0.397 e. The van der Waals surface area contributed by atoms with Gasteiger partial charge in [0, 0.05) is 5.56 Å². The summed E-state index contributed by atoms with van der Waals surface area (Å²) in [5, 5.41) is 3.06. The van der Waals surface area contributed by atoms with Crippen LogP contribution in [0.3, 0.4) is 0 Å². The van der Waals surface area contributed by atoms with Gasteiger partial charge in [-0.25, -0.2) is 0 Å². The Morgan fingerprint density at radius 1 is 1.56 bits per heavy atom. The monoisotopic (exact) mass is 256 g/mol. The molecule has 1 aromatic rings. The first-order valence-electron chi connectivity index (χ1n) is 4.47. The predicted octanol–water partition coefficient (Wildman–Crippen LogP) is 2.33. The van der Waals surface area contributed by atoms with Crippen molar-refractivity contribution < 1.29 is 4.79 Å². The third-order valence-corrected chi connectivity index (χ3v) is 2.73. The lowest BCUT2D eigenvalue weighted by molar-refractivity contribution is 0.0948. The molecule has 0 heterocycles. The largest absolute Gasteiger partial charge is 0.397 e. The summed E-state index contributed by atoms with van der Waals surface area (Å²) in [5.41, 5.74) is 6.17. The second-order valence-corrected chi connectivity index (χ2v) is 4.01. The van der Waals surface area contributed by atoms with Gasteiger partial charge in [0.15, 0.2) is 0 Å². The van der Waals surface area contributed by atoms with Crippen LogP contribution in [0.25, 0.3) is 0 Å². The van der Waals surface area contributed by atoms with Crippen LogP contribution >= 0.6 is 23.2 Å². The Labute approximate surface area is 104 Å². The molecule has 1 amide bonds. The highest BCUT2D eigenvalue weighted by atomic mass is 35.5. The Balaban J connectivity index is 2.98. The van der Waals surface area contributed by atoms with Gasteiger partial charge in [-0.15, -0.1) is 6.42 Å². The third kappa shape index (κ3) is 2.82. The molecule has 0 spiro atoms. The SMILES string of the molecule is C#CC(C)NC(=O)c1cc(N)c(Cl)c(Cl)c1. The number of nitrogens with two attached hydrogens (primary N) is 1. The standard InChI is InChI=1S/C11H10Cl2N2O/c1-3-6(2)15-11(16)7-4-8(12)10(13)9(14)5-7/h1,4-6H,14H2,2H3,(H,15,16). The summed E-state index contributed by atoms with van der Waals surface area (Å²) in [5.74, 6) is 2.05. The van der Waals surface area contributed by atoms with E-state index in [2.05, 4.69) is 11.2 Å². The molecule has 5 heteroatoms. The van der Waals surface area contributed by atoms with Crippen molar-refractivity contribution in [1.82, 2.24) is 5.32 Å². The molecule has 1 rings (SSSR count). The molecule has 0 aromatic heterocycles. The summed E-state index contributed by atoms with van der Waals surface area (Å²) in [7, 11) is 0. The number of amides is 1. The van der Waals surface area contributed by atoms with Crippen LogP contribution in [0, 0.1) is 12.3 Å². The molecular weight excluding hydrogens is 247 g/mol. The van der Waals surface area contributed by atoms with Crippen molar-refractivity contribution in [3.63, 3.8) is 0 Å². The molecule has 1 atom stereocenters. The van der Waals surface area contributed by atoms with Crippen molar-refractivity contribution in [1.29, 1.82) is 0 Å². The number of hydrogen-bond acceptors (Lipinski definition) is 2. The van der Waals surface area contributed by atoms with Crippen LogP contribution in [0.4, 0.5) is 5.69 Å². The zero-order valence-corrected chi connectivity index (χ0v) is 10.1. The second kappa shape index (κ2) is 5.11. The fourth-order valence-corrected chi connectivity index (χ4v) is 1.40. The van der Waals surface area contributed by atoms with Gasteiger partial charge in [0.2, 0.25) is 0 Å². The molecule has 3 nitrogen and oxygen atoms in total. The van der Waals surface area contributed by atoms with E-state index in [4.69, 9.17) is 35.4 Å². The maximum atomic E-state index is 11.7. The molecule has 84 valence electrons. The average Bonchev–Trinajstić information content (AvgIpc) is 2.24. The summed E-state index contributed by atoms with van der Waals surface area (Å²) in [6.45, 7) is 1.69. The maximum absolute atomic E-state index is 11.7. The van der Waals surface area contributed by atoms with Crippen LogP contribution in [0.5, 0.6) is 0 Å². The van der Waals surface area contributed by atoms with Crippen LogP contribution in [-0.4, -0.2) is 11.9 Å². The Morgan fingerprint density at radius 3 is 2.69 bits per heavy atom. The average molecular weight is 257 g/mol. The molecule has 3 N–H and O–H groups in total. The van der Waals surface area contributed by atoms with Crippen molar-refractivity contribution in [2.24, 2.45) is 0 Å². The van der Waals surface area contributed by atoms with Gasteiger partial charge in [-0.3, -0.25) is 4.79 Å². The Morgan fingerprint density at radius 2 is 2.19 bits per heavy atom. The molecular formula is C11H10Cl2N2O. The number of benzene rings is 1. The summed E-state index contributed by atoms with van der Waals surface area (Å²) in [6, 6.07) is 2.54. The van der Waals surface area contributed by atoms with E-state index in [0.29, 0.717) is 5.56 Å². The Kier molecular flexibility index (Phi) is 4.05. The number of rotatable bonds is 2. The molecule has 0 saturated heterocycles. The summed E-state index contributed by atoms with van der Waals surface area (Å²) in [6.07, 6.45) is 5.15. The van der Waals surface area contributed by atoms with E-state index in [0.717, 1.165) is 0 Å². The number of carbonyl (C=O) groups excluding carboxylic acids is 1. The molecule has 16 heavy (non-hydrogen) atoms. The molecule has 0 aliphatic rings. The fourth-order valence-electron chi connectivity index (χ4n) is 1.06. The van der Waals surface area contributed by atoms with E-state index >= 15 is 0 Å². The highest BCUT2D eigenvalue weighted by Crippen LogP contribution is 2.29. The van der Waals surface area contributed by atoms with Gasteiger partial charge in [0.1, 0.15) is 0 Å². The topological polar surface area (TPSA) is 55.1 Å². The second-order valence-electron chi connectivity index (χ2n) is 3.22. The normalized spacial score (nSPS) is 11.6. The highest BCUT2D eigenvalue weighted by molar-refractivity contribution is 6.43. The molecule has 1 aromatic carbocycles. The number of hydrogen-bond donors (Lipinski definition) is 2. The van der Waals surface area contributed by atoms with E-state index in [9.17, 15) is 4.79 Å². The van der Waals surface area contributed by atoms with Crippen LogP contribution in [0.15, 0.2) is 12.1 Å². The van der Waals surface area contributed by atoms with Gasteiger partial charge in [0.05, 0.1) is 21.8 Å². The number of nitrogen functional groups attached to an aromatic ring is 1. The maximum Gasteiger partial charge on any atom is 0.252 e. The van der Waals surface area contributed by atoms with Gasteiger partial charge in [-0.05, 0) is 19.1 Å². The zero-order chi connectivity index (χ0) is 12.3. The van der Waals surface area contributed by atoms with Crippen LogP contribution < -0.4 is 11.1 Å². The van der Waals surface area contributed by atoms with Gasteiger partial charge < -0.3 is 11.1 Å². The molecule has 0 bridgehead atoms. The quantitative estimate of drug-likeness (QED) is 0.631. The summed E-state index contributed by atoms with van der Waals surface area (Å²) in [4.78, 5) is 11.7. The predicted molar refractivity (Wildman–Crippen MR) is 66.6 cm³/mol. The number of terminal acetylenes is 1. The fraction of sp³-hybridized carbons (Fsp3) is 0.182. The van der Waals surface area contributed by atoms with Crippen LogP contribution in [0.1, 0.15) is 17.3 Å². The number of anilines is 1. The first-order valence-corrected chi connectivity index (χ1v) is 5.22. The van der Waals surface area contributed by atoms with Crippen molar-refractivity contribution >= 4 is 34.8 Å². The lowest BCUT2D eigenvalue weighted by Crippen LogP contribution is -2.31. The van der Waals surface area contributed by atoms with E-state index in [1.165, 1.54) is 12.1 Å². The van der Waals surface area contributed by atoms with Crippen molar-refractivity contribution in [2.75, 3.05) is 5.73 Å². The molecule has 0 fully saturated rings. The van der Waals surface area contributed by atoms with E-state index in [-0.39, 0.29) is 27.7 Å². The van der Waals surface area contributed by atoms with Crippen LogP contribution in [0.2, 0.25) is 10.0 Å². The van der Waals surface area contributed by atoms with Crippen molar-refractivity contribution in [3.05, 3.63) is 27.7 Å². The van der Waals surface area contributed by atoms with Crippen LogP contribution in [-0.2, 0) is 0 Å². The minimum atomic E-state index is -0.358. The van der Waals surface area contributed by atoms with Gasteiger partial charge >= 0.3 is 0 Å². The Hall–Kier alpha value is -1.37. The van der Waals surface area contributed by atoms with Crippen molar-refractivity contribution in [3.8, 4) is 12.3 Å². The summed E-state index contributed by atoms with van der Waals surface area (Å²) >= 11 is 11.6. The molecule has 0 aliphatic heterocycles. The smallest absolute Gasteiger partial charge is 0.252 e. The van der Waals surface area contributed by atoms with E-state index in [1.807, 2.05) is 0 Å². The minimum absolute atomic E-state index is 0.236. The third-order valence-electron chi connectivity index (χ3n) is 1.92.